The van der Waals surface area contributed by atoms with Crippen LogP contribution in [-0.2, 0) is 26.2 Å². The van der Waals surface area contributed by atoms with Crippen LogP contribution >= 0.6 is 0 Å². The van der Waals surface area contributed by atoms with Crippen LogP contribution in [0.5, 0.6) is 5.75 Å². The van der Waals surface area contributed by atoms with E-state index in [2.05, 4.69) is 5.32 Å². The van der Waals surface area contributed by atoms with Crippen LogP contribution in [0.2, 0.25) is 0 Å². The fraction of sp³-hybridized carbons (Fsp3) is 0.333. The number of anilines is 1. The molecule has 0 aromatic heterocycles. The number of aryl methyl sites for hydroxylation is 3. The maximum atomic E-state index is 14.0. The van der Waals surface area contributed by atoms with Gasteiger partial charge in [-0.1, -0.05) is 42.8 Å². The quantitative estimate of drug-likeness (QED) is 0.382. The van der Waals surface area contributed by atoms with Gasteiger partial charge in [0, 0.05) is 13.6 Å². The summed E-state index contributed by atoms with van der Waals surface area (Å²) in [6.07, 6.45) is 0.357. The predicted octanol–water partition coefficient (Wildman–Crippen LogP) is 4.37. The number of likely N-dealkylation sites (N-methyl/N-ethyl adjacent to an activating group) is 1. The number of sulfonamides is 1. The number of carbonyl (C=O) groups excluding carboxylic acids is 2. The molecule has 2 amide bonds. The second kappa shape index (κ2) is 12.8. The zero-order chi connectivity index (χ0) is 28.7. The van der Waals surface area contributed by atoms with Crippen molar-refractivity contribution in [3.05, 3.63) is 89.0 Å². The normalized spacial score (nSPS) is 11.9. The van der Waals surface area contributed by atoms with Crippen LogP contribution in [0, 0.1) is 20.8 Å². The molecular weight excluding hydrogens is 514 g/mol. The highest BCUT2D eigenvalue weighted by molar-refractivity contribution is 7.92. The highest BCUT2D eigenvalue weighted by atomic mass is 32.2. The Labute approximate surface area is 231 Å². The van der Waals surface area contributed by atoms with Gasteiger partial charge in [0.25, 0.3) is 10.0 Å². The zero-order valence-corrected chi connectivity index (χ0v) is 24.2. The molecule has 0 spiro atoms. The minimum absolute atomic E-state index is 0.0834. The molecule has 3 rings (SSSR count). The molecular formula is C30H37N3O5S. The third-order valence-corrected chi connectivity index (χ3v) is 8.31. The number of rotatable bonds is 11. The van der Waals surface area contributed by atoms with Crippen LogP contribution in [0.3, 0.4) is 0 Å². The summed E-state index contributed by atoms with van der Waals surface area (Å²) in [5, 5.41) is 2.63. The van der Waals surface area contributed by atoms with Gasteiger partial charge in [-0.3, -0.25) is 13.9 Å². The summed E-state index contributed by atoms with van der Waals surface area (Å²) < 4.78 is 34.3. The molecule has 0 fully saturated rings. The average Bonchev–Trinajstić information content (AvgIpc) is 2.91. The Bertz CT molecular complexity index is 1380. The summed E-state index contributed by atoms with van der Waals surface area (Å²) in [5.74, 6) is -0.144. The number of amides is 2. The molecule has 1 N–H and O–H groups in total. The highest BCUT2D eigenvalue weighted by Crippen LogP contribution is 2.27. The fourth-order valence-corrected chi connectivity index (χ4v) is 5.87. The maximum absolute atomic E-state index is 14.0. The summed E-state index contributed by atoms with van der Waals surface area (Å²) >= 11 is 0. The first-order chi connectivity index (χ1) is 18.5. The molecule has 0 bridgehead atoms. The molecule has 8 nitrogen and oxygen atoms in total. The van der Waals surface area contributed by atoms with Crippen molar-refractivity contribution in [2.45, 2.75) is 51.6 Å². The van der Waals surface area contributed by atoms with Crippen LogP contribution in [-0.4, -0.2) is 51.9 Å². The van der Waals surface area contributed by atoms with Crippen LogP contribution in [0.1, 0.15) is 35.6 Å². The van der Waals surface area contributed by atoms with Gasteiger partial charge in [-0.15, -0.1) is 0 Å². The molecule has 1 atom stereocenters. The minimum Gasteiger partial charge on any atom is -0.497 e. The number of methoxy groups -OCH3 is 1. The van der Waals surface area contributed by atoms with Crippen molar-refractivity contribution in [3.63, 3.8) is 0 Å². The second-order valence-electron chi connectivity index (χ2n) is 9.58. The first-order valence-electron chi connectivity index (χ1n) is 12.8. The summed E-state index contributed by atoms with van der Waals surface area (Å²) in [4.78, 5) is 28.3. The molecule has 0 heterocycles. The zero-order valence-electron chi connectivity index (χ0n) is 23.4. The standard InChI is InChI=1S/C30H37N3O5S/c1-7-28(30(35)31-5)32(19-24-10-12-26(38-6)13-11-24)29(34)20-33(25-17-22(3)16-23(4)18-25)39(36,37)27-14-8-21(2)9-15-27/h8-18,28H,7,19-20H2,1-6H3,(H,31,35)/t28-/m0/s1. The van der Waals surface area contributed by atoms with E-state index in [1.807, 2.05) is 45.9 Å². The molecule has 0 radical (unpaired) electrons. The highest BCUT2D eigenvalue weighted by Gasteiger charge is 2.33. The SMILES string of the molecule is CC[C@@H](C(=O)NC)N(Cc1ccc(OC)cc1)C(=O)CN(c1cc(C)cc(C)c1)S(=O)(=O)c1ccc(C)cc1. The largest absolute Gasteiger partial charge is 0.497 e. The Kier molecular flexibility index (Phi) is 9.75. The second-order valence-corrected chi connectivity index (χ2v) is 11.4. The van der Waals surface area contributed by atoms with E-state index in [0.29, 0.717) is 17.9 Å². The van der Waals surface area contributed by atoms with Gasteiger partial charge < -0.3 is 15.0 Å². The molecule has 0 saturated heterocycles. The average molecular weight is 552 g/mol. The van der Waals surface area contributed by atoms with E-state index >= 15 is 0 Å². The Morgan fingerprint density at radius 3 is 2.00 bits per heavy atom. The molecule has 9 heteroatoms. The molecule has 0 aliphatic carbocycles. The molecule has 3 aromatic rings. The Hall–Kier alpha value is -3.85. The Morgan fingerprint density at radius 2 is 1.49 bits per heavy atom. The van der Waals surface area contributed by atoms with Gasteiger partial charge in [-0.05, 0) is 80.3 Å². The third-order valence-electron chi connectivity index (χ3n) is 6.53. The van der Waals surface area contributed by atoms with Gasteiger partial charge in [0.1, 0.15) is 18.3 Å². The first-order valence-corrected chi connectivity index (χ1v) is 14.3. The first kappa shape index (κ1) is 29.7. The summed E-state index contributed by atoms with van der Waals surface area (Å²) in [6, 6.07) is 18.4. The molecule has 3 aromatic carbocycles. The molecule has 0 aliphatic rings. The van der Waals surface area contributed by atoms with E-state index in [9.17, 15) is 18.0 Å². The van der Waals surface area contributed by atoms with Crippen molar-refractivity contribution in [3.8, 4) is 5.75 Å². The van der Waals surface area contributed by atoms with Crippen molar-refractivity contribution in [1.29, 1.82) is 0 Å². The minimum atomic E-state index is -4.10. The Morgan fingerprint density at radius 1 is 0.897 bits per heavy atom. The number of nitrogens with one attached hydrogen (secondary N) is 1. The van der Waals surface area contributed by atoms with Gasteiger partial charge >= 0.3 is 0 Å². The van der Waals surface area contributed by atoms with Gasteiger partial charge in [-0.2, -0.15) is 0 Å². The number of nitrogens with zero attached hydrogens (tertiary/aromatic N) is 2. The fourth-order valence-electron chi connectivity index (χ4n) is 4.47. The lowest BCUT2D eigenvalue weighted by molar-refractivity contribution is -0.140. The van der Waals surface area contributed by atoms with Crippen molar-refractivity contribution in [1.82, 2.24) is 10.2 Å². The predicted molar refractivity (Wildman–Crippen MR) is 153 cm³/mol. The van der Waals surface area contributed by atoms with Crippen LogP contribution < -0.4 is 14.4 Å². The van der Waals surface area contributed by atoms with Crippen molar-refractivity contribution in [2.24, 2.45) is 0 Å². The van der Waals surface area contributed by atoms with E-state index in [1.54, 1.807) is 55.6 Å². The lowest BCUT2D eigenvalue weighted by Gasteiger charge is -2.33. The summed E-state index contributed by atoms with van der Waals surface area (Å²) in [7, 11) is -1.02. The van der Waals surface area contributed by atoms with Gasteiger partial charge in [-0.25, -0.2) is 8.42 Å². The maximum Gasteiger partial charge on any atom is 0.264 e. The molecule has 0 unspecified atom stereocenters. The lowest BCUT2D eigenvalue weighted by Crippen LogP contribution is -2.51. The summed E-state index contributed by atoms with van der Waals surface area (Å²) in [6.45, 7) is 7.11. The molecule has 39 heavy (non-hydrogen) atoms. The van der Waals surface area contributed by atoms with Crippen molar-refractivity contribution in [2.75, 3.05) is 25.0 Å². The topological polar surface area (TPSA) is 96.0 Å². The van der Waals surface area contributed by atoms with E-state index in [-0.39, 0.29) is 17.3 Å². The van der Waals surface area contributed by atoms with E-state index in [4.69, 9.17) is 4.74 Å². The van der Waals surface area contributed by atoms with Crippen LogP contribution in [0.15, 0.2) is 71.6 Å². The third kappa shape index (κ3) is 7.17. The molecule has 0 aliphatic heterocycles. The van der Waals surface area contributed by atoms with Crippen LogP contribution in [0.4, 0.5) is 5.69 Å². The van der Waals surface area contributed by atoms with Gasteiger partial charge in [0.15, 0.2) is 0 Å². The van der Waals surface area contributed by atoms with Crippen molar-refractivity contribution < 1.29 is 22.7 Å². The monoisotopic (exact) mass is 551 g/mol. The van der Waals surface area contributed by atoms with E-state index in [1.165, 1.54) is 11.9 Å². The smallest absolute Gasteiger partial charge is 0.264 e. The summed E-state index contributed by atoms with van der Waals surface area (Å²) in [5.41, 5.74) is 3.83. The Balaban J connectivity index is 2.08. The van der Waals surface area contributed by atoms with Gasteiger partial charge in [0.05, 0.1) is 17.7 Å². The lowest BCUT2D eigenvalue weighted by atomic mass is 10.1. The number of hydrogen-bond donors (Lipinski definition) is 1. The molecule has 208 valence electrons. The van der Waals surface area contributed by atoms with Gasteiger partial charge in [0.2, 0.25) is 11.8 Å². The number of hydrogen-bond acceptors (Lipinski definition) is 5. The number of carbonyl (C=O) groups is 2. The van der Waals surface area contributed by atoms with E-state index < -0.39 is 28.5 Å². The van der Waals surface area contributed by atoms with E-state index in [0.717, 1.165) is 26.6 Å². The number of ether oxygens (including phenoxy) is 1. The van der Waals surface area contributed by atoms with Crippen LogP contribution in [0.25, 0.3) is 0 Å². The molecule has 0 saturated carbocycles. The van der Waals surface area contributed by atoms with Crippen molar-refractivity contribution >= 4 is 27.5 Å². The number of benzene rings is 3.